The Labute approximate surface area is 118 Å². The first-order valence-electron chi connectivity index (χ1n) is 6.87. The summed E-state index contributed by atoms with van der Waals surface area (Å²) in [6, 6.07) is 8.02. The maximum absolute atomic E-state index is 12.1. The van der Waals surface area contributed by atoms with E-state index in [1.807, 2.05) is 25.1 Å². The van der Waals surface area contributed by atoms with E-state index in [-0.39, 0.29) is 18.4 Å². The number of carboxylic acid groups (broad SMARTS) is 1. The van der Waals surface area contributed by atoms with Crippen LogP contribution >= 0.6 is 0 Å². The standard InChI is InChI=1S/C15H20N2O3/c1-11(8-14(18)19)9-16-15(20)17-7-6-12-4-2-3-5-13(12)10-17/h2-5,11H,6-10H2,1H3,(H,16,20)(H,18,19). The van der Waals surface area contributed by atoms with Crippen LogP contribution in [0.1, 0.15) is 24.5 Å². The van der Waals surface area contributed by atoms with Gasteiger partial charge in [0.2, 0.25) is 0 Å². The number of benzene rings is 1. The van der Waals surface area contributed by atoms with Crippen LogP contribution in [0.5, 0.6) is 0 Å². The number of urea groups is 1. The number of amides is 2. The molecule has 0 spiro atoms. The molecule has 1 unspecified atom stereocenters. The number of aliphatic carboxylic acids is 1. The van der Waals surface area contributed by atoms with Crippen LogP contribution in [-0.2, 0) is 17.8 Å². The largest absolute Gasteiger partial charge is 0.481 e. The molecular formula is C15H20N2O3. The molecule has 1 aromatic rings. The summed E-state index contributed by atoms with van der Waals surface area (Å²) >= 11 is 0. The van der Waals surface area contributed by atoms with Crippen molar-refractivity contribution in [1.82, 2.24) is 10.2 Å². The van der Waals surface area contributed by atoms with Crippen molar-refractivity contribution < 1.29 is 14.7 Å². The van der Waals surface area contributed by atoms with Crippen LogP contribution < -0.4 is 5.32 Å². The predicted octanol–water partition coefficient (Wildman–Crippen LogP) is 1.87. The highest BCUT2D eigenvalue weighted by Gasteiger charge is 2.20. The molecule has 5 heteroatoms. The molecule has 2 rings (SSSR count). The van der Waals surface area contributed by atoms with E-state index in [0.717, 1.165) is 6.42 Å². The van der Waals surface area contributed by atoms with Gasteiger partial charge in [-0.1, -0.05) is 31.2 Å². The van der Waals surface area contributed by atoms with Crippen LogP contribution in [0.3, 0.4) is 0 Å². The topological polar surface area (TPSA) is 69.6 Å². The second kappa shape index (κ2) is 6.41. The van der Waals surface area contributed by atoms with Crippen molar-refractivity contribution in [1.29, 1.82) is 0 Å². The highest BCUT2D eigenvalue weighted by Crippen LogP contribution is 2.18. The van der Waals surface area contributed by atoms with Gasteiger partial charge >= 0.3 is 12.0 Å². The number of nitrogens with one attached hydrogen (secondary N) is 1. The molecule has 1 heterocycles. The smallest absolute Gasteiger partial charge is 0.317 e. The summed E-state index contributed by atoms with van der Waals surface area (Å²) in [6.45, 7) is 3.54. The first-order valence-corrected chi connectivity index (χ1v) is 6.87. The molecule has 1 aromatic carbocycles. The highest BCUT2D eigenvalue weighted by molar-refractivity contribution is 5.74. The van der Waals surface area contributed by atoms with Crippen molar-refractivity contribution in [2.75, 3.05) is 13.1 Å². The highest BCUT2D eigenvalue weighted by atomic mass is 16.4. The molecule has 1 atom stereocenters. The minimum absolute atomic E-state index is 0.0615. The van der Waals surface area contributed by atoms with E-state index in [1.165, 1.54) is 11.1 Å². The van der Waals surface area contributed by atoms with Crippen LogP contribution in [-0.4, -0.2) is 35.1 Å². The molecule has 2 amide bonds. The average molecular weight is 276 g/mol. The summed E-state index contributed by atoms with van der Waals surface area (Å²) in [5, 5.41) is 11.5. The second-order valence-corrected chi connectivity index (χ2v) is 5.33. The number of carboxylic acids is 1. The molecule has 5 nitrogen and oxygen atoms in total. The number of carbonyl (C=O) groups is 2. The zero-order chi connectivity index (χ0) is 14.5. The fourth-order valence-electron chi connectivity index (χ4n) is 2.41. The van der Waals surface area contributed by atoms with Gasteiger partial charge in [0.05, 0.1) is 0 Å². The monoisotopic (exact) mass is 276 g/mol. The maximum Gasteiger partial charge on any atom is 0.317 e. The van der Waals surface area contributed by atoms with Gasteiger partial charge in [0.1, 0.15) is 0 Å². The number of hydrogen-bond acceptors (Lipinski definition) is 2. The first-order chi connectivity index (χ1) is 9.56. The van der Waals surface area contributed by atoms with Gasteiger partial charge in [-0.2, -0.15) is 0 Å². The summed E-state index contributed by atoms with van der Waals surface area (Å²) in [7, 11) is 0. The Morgan fingerprint density at radius 3 is 2.75 bits per heavy atom. The van der Waals surface area contributed by atoms with Gasteiger partial charge in [0.25, 0.3) is 0 Å². The quantitative estimate of drug-likeness (QED) is 0.882. The van der Waals surface area contributed by atoms with E-state index in [4.69, 9.17) is 5.11 Å². The Morgan fingerprint density at radius 2 is 2.05 bits per heavy atom. The third-order valence-corrected chi connectivity index (χ3v) is 3.54. The molecule has 0 saturated carbocycles. The fourth-order valence-corrected chi connectivity index (χ4v) is 2.41. The van der Waals surface area contributed by atoms with Crippen LogP contribution in [0.4, 0.5) is 4.79 Å². The van der Waals surface area contributed by atoms with Crippen LogP contribution in [0.2, 0.25) is 0 Å². The Kier molecular flexibility index (Phi) is 4.61. The Hall–Kier alpha value is -2.04. The van der Waals surface area contributed by atoms with E-state index < -0.39 is 5.97 Å². The zero-order valence-electron chi connectivity index (χ0n) is 11.6. The summed E-state index contributed by atoms with van der Waals surface area (Å²) in [5.74, 6) is -0.896. The fraction of sp³-hybridized carbons (Fsp3) is 0.467. The van der Waals surface area contributed by atoms with Crippen molar-refractivity contribution in [3.8, 4) is 0 Å². The van der Waals surface area contributed by atoms with E-state index in [9.17, 15) is 9.59 Å². The van der Waals surface area contributed by atoms with Gasteiger partial charge in [-0.05, 0) is 23.5 Å². The SMILES string of the molecule is CC(CNC(=O)N1CCc2ccccc2C1)CC(=O)O. The molecule has 1 aliphatic heterocycles. The minimum Gasteiger partial charge on any atom is -0.481 e. The summed E-state index contributed by atoms with van der Waals surface area (Å²) in [4.78, 5) is 24.4. The molecule has 0 saturated heterocycles. The lowest BCUT2D eigenvalue weighted by Crippen LogP contribution is -2.44. The second-order valence-electron chi connectivity index (χ2n) is 5.33. The number of hydrogen-bond donors (Lipinski definition) is 2. The summed E-state index contributed by atoms with van der Waals surface area (Å²) < 4.78 is 0. The Balaban J connectivity index is 1.84. The normalized spacial score (nSPS) is 15.3. The van der Waals surface area contributed by atoms with E-state index in [0.29, 0.717) is 19.6 Å². The molecule has 1 aliphatic rings. The molecule has 2 N–H and O–H groups in total. The van der Waals surface area contributed by atoms with Gasteiger partial charge < -0.3 is 15.3 Å². The van der Waals surface area contributed by atoms with Gasteiger partial charge in [0.15, 0.2) is 0 Å². The van der Waals surface area contributed by atoms with E-state index in [2.05, 4.69) is 11.4 Å². The van der Waals surface area contributed by atoms with Crippen LogP contribution in [0.25, 0.3) is 0 Å². The van der Waals surface area contributed by atoms with Gasteiger partial charge in [-0.3, -0.25) is 4.79 Å². The molecule has 0 aromatic heterocycles. The molecule has 108 valence electrons. The van der Waals surface area contributed by atoms with Crippen molar-refractivity contribution in [3.05, 3.63) is 35.4 Å². The lowest BCUT2D eigenvalue weighted by atomic mass is 10.0. The molecular weight excluding hydrogens is 256 g/mol. The molecule has 0 fully saturated rings. The van der Waals surface area contributed by atoms with Gasteiger partial charge in [0, 0.05) is 26.1 Å². The third-order valence-electron chi connectivity index (χ3n) is 3.54. The molecule has 20 heavy (non-hydrogen) atoms. The summed E-state index contributed by atoms with van der Waals surface area (Å²) in [5.41, 5.74) is 2.49. The van der Waals surface area contributed by atoms with Crippen molar-refractivity contribution in [3.63, 3.8) is 0 Å². The Morgan fingerprint density at radius 1 is 1.35 bits per heavy atom. The van der Waals surface area contributed by atoms with Crippen LogP contribution in [0, 0.1) is 5.92 Å². The maximum atomic E-state index is 12.1. The van der Waals surface area contributed by atoms with Gasteiger partial charge in [-0.15, -0.1) is 0 Å². The first kappa shape index (κ1) is 14.4. The summed E-state index contributed by atoms with van der Waals surface area (Å²) in [6.07, 6.45) is 0.942. The zero-order valence-corrected chi connectivity index (χ0v) is 11.6. The number of carbonyl (C=O) groups excluding carboxylic acids is 1. The average Bonchev–Trinajstić information content (AvgIpc) is 2.43. The van der Waals surface area contributed by atoms with E-state index in [1.54, 1.807) is 4.90 Å². The van der Waals surface area contributed by atoms with Crippen LogP contribution in [0.15, 0.2) is 24.3 Å². The molecule has 0 aliphatic carbocycles. The lowest BCUT2D eigenvalue weighted by molar-refractivity contribution is -0.137. The van der Waals surface area contributed by atoms with E-state index >= 15 is 0 Å². The number of fused-ring (bicyclic) bond motifs is 1. The number of nitrogens with zero attached hydrogens (tertiary/aromatic N) is 1. The van der Waals surface area contributed by atoms with Crippen molar-refractivity contribution >= 4 is 12.0 Å². The lowest BCUT2D eigenvalue weighted by Gasteiger charge is -2.29. The third kappa shape index (κ3) is 3.73. The molecule has 0 radical (unpaired) electrons. The van der Waals surface area contributed by atoms with Gasteiger partial charge in [-0.25, -0.2) is 4.79 Å². The minimum atomic E-state index is -0.835. The predicted molar refractivity (Wildman–Crippen MR) is 75.4 cm³/mol. The Bertz CT molecular complexity index is 502. The van der Waals surface area contributed by atoms with Crippen molar-refractivity contribution in [2.24, 2.45) is 5.92 Å². The number of rotatable bonds is 4. The van der Waals surface area contributed by atoms with Crippen molar-refractivity contribution in [2.45, 2.75) is 26.3 Å². The molecule has 0 bridgehead atoms.